The molecule has 2 N–H and O–H groups in total. The second-order valence-electron chi connectivity index (χ2n) is 3.32. The Morgan fingerprint density at radius 3 is 2.79 bits per heavy atom. The van der Waals surface area contributed by atoms with Crippen LogP contribution in [0.1, 0.15) is 25.6 Å². The summed E-state index contributed by atoms with van der Waals surface area (Å²) >= 11 is 1.51. The molecule has 14 heavy (non-hydrogen) atoms. The lowest BCUT2D eigenvalue weighted by Gasteiger charge is -1.92. The van der Waals surface area contributed by atoms with Crippen molar-refractivity contribution in [2.75, 3.05) is 5.73 Å². The maximum Gasteiger partial charge on any atom is 0.270 e. The molecule has 74 valence electrons. The smallest absolute Gasteiger partial charge is 0.270 e. The first-order valence-corrected chi connectivity index (χ1v) is 5.23. The molecule has 0 aliphatic heterocycles. The highest BCUT2D eigenvalue weighted by Crippen LogP contribution is 2.30. The van der Waals surface area contributed by atoms with Gasteiger partial charge in [0.2, 0.25) is 0 Å². The predicted octanol–water partition coefficient (Wildman–Crippen LogP) is 2.50. The van der Waals surface area contributed by atoms with Crippen LogP contribution in [0, 0.1) is 0 Å². The molecule has 4 nitrogen and oxygen atoms in total. The summed E-state index contributed by atoms with van der Waals surface area (Å²) in [6.07, 6.45) is 0. The molecule has 0 fully saturated rings. The van der Waals surface area contributed by atoms with Crippen LogP contribution in [0.25, 0.3) is 10.8 Å². The van der Waals surface area contributed by atoms with Crippen LogP contribution in [0.4, 0.5) is 5.69 Å². The van der Waals surface area contributed by atoms with E-state index in [-0.39, 0.29) is 5.92 Å². The second-order valence-corrected chi connectivity index (χ2v) is 4.23. The fourth-order valence-electron chi connectivity index (χ4n) is 1.05. The predicted molar refractivity (Wildman–Crippen MR) is 56.1 cm³/mol. The number of anilines is 1. The van der Waals surface area contributed by atoms with Crippen molar-refractivity contribution in [3.63, 3.8) is 0 Å². The van der Waals surface area contributed by atoms with Gasteiger partial charge < -0.3 is 10.3 Å². The zero-order valence-electron chi connectivity index (χ0n) is 8.02. The molecule has 0 saturated heterocycles. The fraction of sp³-hybridized carbons (Fsp3) is 0.333. The third kappa shape index (κ3) is 1.50. The monoisotopic (exact) mass is 209 g/mol. The number of hydrogen-bond donors (Lipinski definition) is 1. The number of nitrogen functional groups attached to an aromatic ring is 1. The van der Waals surface area contributed by atoms with Crippen LogP contribution in [0.15, 0.2) is 16.0 Å². The van der Waals surface area contributed by atoms with Crippen LogP contribution in [0.5, 0.6) is 0 Å². The van der Waals surface area contributed by atoms with Gasteiger partial charge in [0.15, 0.2) is 5.82 Å². The van der Waals surface area contributed by atoms with E-state index in [0.29, 0.717) is 17.4 Å². The number of aromatic nitrogens is 2. The van der Waals surface area contributed by atoms with Crippen LogP contribution in [-0.2, 0) is 0 Å². The SMILES string of the molecule is CC(C)c1noc(-c2sccc2N)n1. The summed E-state index contributed by atoms with van der Waals surface area (Å²) in [5.41, 5.74) is 6.43. The molecule has 0 aliphatic rings. The topological polar surface area (TPSA) is 64.9 Å². The molecule has 0 aliphatic carbocycles. The van der Waals surface area contributed by atoms with Gasteiger partial charge in [0, 0.05) is 5.92 Å². The standard InChI is InChI=1S/C9H11N3OS/c1-5(2)8-11-9(13-12-8)7-6(10)3-4-14-7/h3-5H,10H2,1-2H3. The molecule has 2 aromatic heterocycles. The molecular weight excluding hydrogens is 198 g/mol. The highest BCUT2D eigenvalue weighted by Gasteiger charge is 2.14. The Labute approximate surface area is 85.7 Å². The van der Waals surface area contributed by atoms with E-state index in [4.69, 9.17) is 10.3 Å². The van der Waals surface area contributed by atoms with Crippen molar-refractivity contribution in [2.45, 2.75) is 19.8 Å². The highest BCUT2D eigenvalue weighted by molar-refractivity contribution is 7.14. The van der Waals surface area contributed by atoms with Crippen molar-refractivity contribution >= 4 is 17.0 Å². The van der Waals surface area contributed by atoms with E-state index in [9.17, 15) is 0 Å². The Balaban J connectivity index is 2.39. The molecule has 2 heterocycles. The van der Waals surface area contributed by atoms with Gasteiger partial charge in [-0.15, -0.1) is 11.3 Å². The van der Waals surface area contributed by atoms with Crippen molar-refractivity contribution in [1.82, 2.24) is 10.1 Å². The van der Waals surface area contributed by atoms with Crippen LogP contribution in [0.3, 0.4) is 0 Å². The third-order valence-corrected chi connectivity index (χ3v) is 2.77. The molecule has 2 aromatic rings. The summed E-state index contributed by atoms with van der Waals surface area (Å²) in [5.74, 6) is 1.50. The Bertz CT molecular complexity index is 433. The van der Waals surface area contributed by atoms with Crippen LogP contribution in [-0.4, -0.2) is 10.1 Å². The summed E-state index contributed by atoms with van der Waals surface area (Å²) in [4.78, 5) is 5.12. The molecule has 2 rings (SSSR count). The van der Waals surface area contributed by atoms with E-state index in [2.05, 4.69) is 10.1 Å². The van der Waals surface area contributed by atoms with E-state index in [1.54, 1.807) is 0 Å². The minimum absolute atomic E-state index is 0.272. The lowest BCUT2D eigenvalue weighted by Crippen LogP contribution is -1.89. The van der Waals surface area contributed by atoms with Crippen molar-refractivity contribution in [1.29, 1.82) is 0 Å². The molecule has 0 atom stereocenters. The van der Waals surface area contributed by atoms with Gasteiger partial charge in [0.05, 0.1) is 5.69 Å². The second kappa shape index (κ2) is 3.42. The largest absolute Gasteiger partial charge is 0.397 e. The van der Waals surface area contributed by atoms with Gasteiger partial charge in [-0.25, -0.2) is 0 Å². The first-order chi connectivity index (χ1) is 6.68. The lowest BCUT2D eigenvalue weighted by molar-refractivity contribution is 0.420. The first kappa shape index (κ1) is 9.21. The van der Waals surface area contributed by atoms with Gasteiger partial charge in [-0.1, -0.05) is 19.0 Å². The van der Waals surface area contributed by atoms with E-state index in [1.807, 2.05) is 25.3 Å². The Morgan fingerprint density at radius 1 is 1.50 bits per heavy atom. The van der Waals surface area contributed by atoms with Gasteiger partial charge >= 0.3 is 0 Å². The van der Waals surface area contributed by atoms with E-state index in [1.165, 1.54) is 11.3 Å². The Hall–Kier alpha value is -1.36. The summed E-state index contributed by atoms with van der Waals surface area (Å²) in [7, 11) is 0. The van der Waals surface area contributed by atoms with E-state index in [0.717, 1.165) is 4.88 Å². The summed E-state index contributed by atoms with van der Waals surface area (Å²) < 4.78 is 5.12. The first-order valence-electron chi connectivity index (χ1n) is 4.35. The Morgan fingerprint density at radius 2 is 2.29 bits per heavy atom. The molecule has 0 spiro atoms. The number of hydrogen-bond acceptors (Lipinski definition) is 5. The van der Waals surface area contributed by atoms with Crippen molar-refractivity contribution < 1.29 is 4.52 Å². The number of nitrogens with zero attached hydrogens (tertiary/aromatic N) is 2. The number of rotatable bonds is 2. The molecule has 0 bridgehead atoms. The molecule has 0 unspecified atom stereocenters. The highest BCUT2D eigenvalue weighted by atomic mass is 32.1. The quantitative estimate of drug-likeness (QED) is 0.825. The van der Waals surface area contributed by atoms with E-state index < -0.39 is 0 Å². The Kier molecular flexibility index (Phi) is 2.25. The van der Waals surface area contributed by atoms with Crippen LogP contribution in [0.2, 0.25) is 0 Å². The maximum absolute atomic E-state index is 5.74. The van der Waals surface area contributed by atoms with Crippen LogP contribution >= 0.6 is 11.3 Å². The fourth-order valence-corrected chi connectivity index (χ4v) is 1.79. The zero-order valence-corrected chi connectivity index (χ0v) is 8.84. The average Bonchev–Trinajstić information content (AvgIpc) is 2.71. The number of thiophene rings is 1. The summed E-state index contributed by atoms with van der Waals surface area (Å²) in [5, 5.41) is 5.78. The van der Waals surface area contributed by atoms with Crippen molar-refractivity contribution in [3.05, 3.63) is 17.3 Å². The molecular formula is C9H11N3OS. The molecule has 0 saturated carbocycles. The van der Waals surface area contributed by atoms with Gasteiger partial charge in [-0.2, -0.15) is 4.98 Å². The third-order valence-electron chi connectivity index (χ3n) is 1.85. The van der Waals surface area contributed by atoms with Crippen molar-refractivity contribution in [2.24, 2.45) is 0 Å². The molecule has 5 heteroatoms. The molecule has 0 aromatic carbocycles. The summed E-state index contributed by atoms with van der Waals surface area (Å²) in [6.45, 7) is 4.04. The van der Waals surface area contributed by atoms with Gasteiger partial charge in [0.25, 0.3) is 5.89 Å². The van der Waals surface area contributed by atoms with Gasteiger partial charge in [-0.05, 0) is 11.4 Å². The molecule has 0 radical (unpaired) electrons. The van der Waals surface area contributed by atoms with Gasteiger partial charge in [0.1, 0.15) is 4.88 Å². The average molecular weight is 209 g/mol. The lowest BCUT2D eigenvalue weighted by atomic mass is 10.2. The minimum Gasteiger partial charge on any atom is -0.397 e. The van der Waals surface area contributed by atoms with Crippen LogP contribution < -0.4 is 5.73 Å². The normalized spacial score (nSPS) is 11.1. The van der Waals surface area contributed by atoms with Gasteiger partial charge in [-0.3, -0.25) is 0 Å². The summed E-state index contributed by atoms with van der Waals surface area (Å²) in [6, 6.07) is 1.83. The number of nitrogens with two attached hydrogens (primary N) is 1. The molecule has 0 amide bonds. The van der Waals surface area contributed by atoms with E-state index >= 15 is 0 Å². The maximum atomic E-state index is 5.74. The van der Waals surface area contributed by atoms with Crippen molar-refractivity contribution in [3.8, 4) is 10.8 Å². The zero-order chi connectivity index (χ0) is 10.1. The minimum atomic E-state index is 0.272.